The SMILES string of the molecule is [2H]c1c([2H])c([2H])c2c(c1[2H])-c1cccc(-c3c([2H])c([2H])c4c(c3[2H])C(C([2H])([2H])[2H])(C([2H])([2H])[2H])C([2H])([2H])C([2H])([2H])C4(C([2H])([2H])[2H])C([2H])([2H])[2H])c1-[n+]1[c-]n(-c3cccc(Oc4ccc5c(c4)c4ncc6n4c4c(cccc54)C(C)(C)C6(C)C)c3)c3cccc(c31)-c1c([2H])c([2H])c([2H])c([2H])c1-2. The Balaban J connectivity index is 1.10. The highest BCUT2D eigenvalue weighted by Crippen LogP contribution is 2.53. The molecule has 0 N–H and O–H groups in total. The Kier molecular flexibility index (Phi) is 4.67. The van der Waals surface area contributed by atoms with Crippen molar-refractivity contribution in [2.75, 3.05) is 0 Å². The molecule has 0 saturated heterocycles. The van der Waals surface area contributed by atoms with Crippen molar-refractivity contribution in [1.29, 1.82) is 0 Å². The maximum atomic E-state index is 10.3. The van der Waals surface area contributed by atoms with E-state index in [4.69, 9.17) is 31.7 Å². The molecular formula is C66H56N4O. The second-order valence-electron chi connectivity index (χ2n) is 19.5. The Morgan fingerprint density at radius 2 is 1.28 bits per heavy atom. The standard InChI is InChI=1S/C66H56N4O/c1-63(2)33-34-64(3,4)56-35-40(29-32-54(56)63)44-23-14-24-50-47-21-11-9-19-45(47)46-20-10-12-22-48(46)52-26-16-28-57-61(52)69(59(44)50)39-68(57)41-17-13-18-42(36-41)71-43-30-31-49-51-25-15-27-55-60(51)70-58(66(7,8)65(55,5)6)38-67-62(70)53(49)37-43/h9-32,35-38H,33-34H2,1-8H3/i1D3,2D3,3D3,4D3,9D,10D,11D,12D,19D,20D,21D,22D,29D,32D,33D2,34D2,35D. The van der Waals surface area contributed by atoms with Crippen LogP contribution in [0, 0.1) is 6.33 Å². The second-order valence-corrected chi connectivity index (χ2v) is 19.5. The molecule has 1 aliphatic carbocycles. The highest BCUT2D eigenvalue weighted by atomic mass is 16.5. The molecule has 14 rings (SSSR count). The lowest BCUT2D eigenvalue weighted by Gasteiger charge is -2.45. The fourth-order valence-electron chi connectivity index (χ4n) is 10.9. The van der Waals surface area contributed by atoms with E-state index in [0.29, 0.717) is 11.4 Å². The third kappa shape index (κ3) is 5.81. The van der Waals surface area contributed by atoms with Crippen molar-refractivity contribution in [3.63, 3.8) is 0 Å². The molecule has 0 fully saturated rings. The average Bonchev–Trinajstić information content (AvgIpc) is 0.682. The summed E-state index contributed by atoms with van der Waals surface area (Å²) in [6.07, 6.45) is -4.09. The first-order valence-corrected chi connectivity index (χ1v) is 23.0. The van der Waals surface area contributed by atoms with Gasteiger partial charge in [0.1, 0.15) is 17.1 Å². The molecule has 0 unspecified atom stereocenters. The lowest BCUT2D eigenvalue weighted by atomic mass is 9.61. The van der Waals surface area contributed by atoms with Crippen LogP contribution in [0.25, 0.3) is 94.2 Å². The van der Waals surface area contributed by atoms with Gasteiger partial charge in [-0.3, -0.25) is 13.5 Å². The van der Waals surface area contributed by atoms with Crippen LogP contribution in [0.5, 0.6) is 11.5 Å². The Hall–Kier alpha value is -7.76. The van der Waals surface area contributed by atoms with Crippen LogP contribution < -0.4 is 9.30 Å². The van der Waals surface area contributed by atoms with Gasteiger partial charge in [0.15, 0.2) is 0 Å². The number of pyridine rings is 1. The topological polar surface area (TPSA) is 35.3 Å². The van der Waals surface area contributed by atoms with Crippen molar-refractivity contribution < 1.29 is 46.3 Å². The van der Waals surface area contributed by atoms with Crippen LogP contribution in [-0.4, -0.2) is 14.0 Å². The predicted molar refractivity (Wildman–Crippen MR) is 291 cm³/mol. The van der Waals surface area contributed by atoms with E-state index in [9.17, 15) is 15.1 Å². The van der Waals surface area contributed by atoms with Gasteiger partial charge < -0.3 is 4.74 Å². The summed E-state index contributed by atoms with van der Waals surface area (Å²) in [5, 5.41) is 2.73. The zero-order chi connectivity index (χ0) is 71.5. The summed E-state index contributed by atoms with van der Waals surface area (Å²) in [5.74, 6) is 0.660. The second kappa shape index (κ2) is 14.4. The van der Waals surface area contributed by atoms with Crippen LogP contribution in [0.1, 0.15) is 127 Å². The highest BCUT2D eigenvalue weighted by molar-refractivity contribution is 6.13. The molecule has 2 aliphatic heterocycles. The van der Waals surface area contributed by atoms with Crippen molar-refractivity contribution in [2.24, 2.45) is 0 Å². The Morgan fingerprint density at radius 1 is 0.620 bits per heavy atom. The van der Waals surface area contributed by atoms with Gasteiger partial charge in [0.25, 0.3) is 6.33 Å². The number of hydrogen-bond acceptors (Lipinski definition) is 2. The number of benzene rings is 8. The van der Waals surface area contributed by atoms with Crippen molar-refractivity contribution >= 4 is 38.4 Å². The van der Waals surface area contributed by atoms with E-state index < -0.39 is 162 Å². The summed E-state index contributed by atoms with van der Waals surface area (Å²) in [6, 6.07) is 15.9. The van der Waals surface area contributed by atoms with Crippen LogP contribution in [0.3, 0.4) is 0 Å². The molecule has 0 saturated carbocycles. The third-order valence-electron chi connectivity index (χ3n) is 15.1. The van der Waals surface area contributed by atoms with Gasteiger partial charge in [0.05, 0.1) is 43.0 Å². The maximum Gasteiger partial charge on any atom is 0.269 e. The largest absolute Gasteiger partial charge is 0.458 e. The molecular weight excluding hydrogens is 865 g/mol. The van der Waals surface area contributed by atoms with E-state index in [1.54, 1.807) is 30.3 Å². The van der Waals surface area contributed by atoms with Gasteiger partial charge in [0.2, 0.25) is 0 Å². The number of para-hydroxylation sites is 3. The van der Waals surface area contributed by atoms with Gasteiger partial charge in [-0.1, -0.05) is 182 Å². The molecule has 346 valence electrons. The molecule has 0 bridgehead atoms. The van der Waals surface area contributed by atoms with Crippen LogP contribution in [-0.2, 0) is 21.7 Å². The first-order chi connectivity index (χ1) is 45.3. The smallest absolute Gasteiger partial charge is 0.269 e. The summed E-state index contributed by atoms with van der Waals surface area (Å²) in [4.78, 5) is 5.01. The number of nitrogens with zero attached hydrogens (tertiary/aromatic N) is 4. The molecule has 3 aromatic heterocycles. The summed E-state index contributed by atoms with van der Waals surface area (Å²) < 4.78 is 262. The fourth-order valence-corrected chi connectivity index (χ4v) is 10.9. The highest BCUT2D eigenvalue weighted by Gasteiger charge is 2.46. The predicted octanol–water partition coefficient (Wildman–Crippen LogP) is 16.4. The molecule has 5 heteroatoms. The summed E-state index contributed by atoms with van der Waals surface area (Å²) in [7, 11) is 0. The maximum absolute atomic E-state index is 10.3. The monoisotopic (exact) mass is 948 g/mol. The lowest BCUT2D eigenvalue weighted by molar-refractivity contribution is -0.570. The molecule has 8 aromatic carbocycles. The van der Waals surface area contributed by atoms with Crippen LogP contribution in [0.15, 0.2) is 170 Å². The zero-order valence-electron chi connectivity index (χ0n) is 65.5. The molecule has 11 aromatic rings. The minimum absolute atomic E-state index is 0.0515. The minimum Gasteiger partial charge on any atom is -0.458 e. The summed E-state index contributed by atoms with van der Waals surface area (Å²) in [5.41, 5.74) is -12.7. The first-order valence-electron chi connectivity index (χ1n) is 36.5. The first kappa shape index (κ1) is 23.0. The lowest BCUT2D eigenvalue weighted by Crippen LogP contribution is -2.44. The number of aromatic nitrogens is 4. The van der Waals surface area contributed by atoms with Crippen LogP contribution in [0.4, 0.5) is 0 Å². The van der Waals surface area contributed by atoms with Crippen LogP contribution >= 0.6 is 0 Å². The number of hydrogen-bond donors (Lipinski definition) is 0. The number of rotatable bonds is 4. The van der Waals surface area contributed by atoms with E-state index in [-0.39, 0.29) is 50.0 Å². The normalized spacial score (nSPS) is 24.1. The van der Waals surface area contributed by atoms with Gasteiger partial charge in [-0.2, -0.15) is 0 Å². The van der Waals surface area contributed by atoms with Crippen molar-refractivity contribution in [2.45, 2.75) is 89.5 Å². The number of imidazole rings is 2. The van der Waals surface area contributed by atoms with Gasteiger partial charge in [-0.15, -0.1) is 0 Å². The van der Waals surface area contributed by atoms with E-state index in [2.05, 4.69) is 50.6 Å². The summed E-state index contributed by atoms with van der Waals surface area (Å²) in [6.45, 7) is -8.65. The van der Waals surface area contributed by atoms with Crippen LogP contribution in [0.2, 0.25) is 0 Å². The van der Waals surface area contributed by atoms with Crippen molar-refractivity contribution in [3.05, 3.63) is 198 Å². The molecule has 0 spiro atoms. The Morgan fingerprint density at radius 3 is 2.06 bits per heavy atom. The van der Waals surface area contributed by atoms with E-state index in [1.807, 2.05) is 30.5 Å². The van der Waals surface area contributed by atoms with E-state index >= 15 is 0 Å². The Bertz CT molecular complexity index is 5390. The quantitative estimate of drug-likeness (QED) is 0.100. The molecule has 71 heavy (non-hydrogen) atoms. The number of ether oxygens (including phenoxy) is 1. The molecule has 3 aliphatic rings. The van der Waals surface area contributed by atoms with Crippen molar-refractivity contribution in [1.82, 2.24) is 14.0 Å². The summed E-state index contributed by atoms with van der Waals surface area (Å²) >= 11 is 0. The molecule has 5 nitrogen and oxygen atoms in total. The van der Waals surface area contributed by atoms with Gasteiger partial charge in [-0.25, -0.2) is 4.98 Å². The molecule has 5 heterocycles. The fraction of sp³-hybridized carbons (Fsp3) is 0.212. The van der Waals surface area contributed by atoms with Gasteiger partial charge in [0, 0.05) is 55.4 Å². The Labute approximate surface area is 453 Å². The minimum atomic E-state index is -4.67. The third-order valence-corrected chi connectivity index (χ3v) is 15.1. The van der Waals surface area contributed by atoms with E-state index in [1.165, 1.54) is 39.0 Å². The molecule has 0 amide bonds. The zero-order valence-corrected chi connectivity index (χ0v) is 38.5. The van der Waals surface area contributed by atoms with Gasteiger partial charge >= 0.3 is 0 Å². The molecule has 0 radical (unpaired) electrons. The van der Waals surface area contributed by atoms with Gasteiger partial charge in [-0.05, 0) is 127 Å². The molecule has 0 atom stereocenters. The van der Waals surface area contributed by atoms with E-state index in [0.717, 1.165) is 33.4 Å². The van der Waals surface area contributed by atoms with Crippen molar-refractivity contribution in [3.8, 4) is 67.4 Å². The number of fused-ring (bicyclic) bond motifs is 11. The average molecular weight is 948 g/mol.